The lowest BCUT2D eigenvalue weighted by molar-refractivity contribution is -0.157. The fraction of sp³-hybridized carbons (Fsp3) is 0.500. The molecule has 0 N–H and O–H groups in total. The highest BCUT2D eigenvalue weighted by atomic mass is 35.5. The molecule has 0 aromatic heterocycles. The number of hydrogen-bond acceptors (Lipinski definition) is 5. The molecule has 2 aliphatic rings. The summed E-state index contributed by atoms with van der Waals surface area (Å²) in [6.45, 7) is 3.12. The van der Waals surface area contributed by atoms with E-state index in [1.54, 1.807) is 25.3 Å². The Kier molecular flexibility index (Phi) is 8.01. The molecule has 0 bridgehead atoms. The first-order valence-electron chi connectivity index (χ1n) is 12.3. The van der Waals surface area contributed by atoms with Crippen molar-refractivity contribution in [2.24, 2.45) is 0 Å². The van der Waals surface area contributed by atoms with Crippen LogP contribution in [0.4, 0.5) is 0 Å². The first kappa shape index (κ1) is 26.9. The number of methoxy groups -OCH3 is 1. The van der Waals surface area contributed by atoms with Gasteiger partial charge < -0.3 is 19.3 Å². The number of hydrogen-bond donors (Lipinski definition) is 0. The molecular formula is C28H34Cl2N2O4. The maximum Gasteiger partial charge on any atom is 0.308 e. The number of likely N-dealkylation sites (N-methyl/N-ethyl adjacent to an activating group) is 2. The topological polar surface area (TPSA) is 59.1 Å². The molecule has 0 spiro atoms. The highest BCUT2D eigenvalue weighted by Gasteiger charge is 2.59. The van der Waals surface area contributed by atoms with Crippen molar-refractivity contribution in [1.29, 1.82) is 0 Å². The average molecular weight is 533 g/mol. The molecule has 0 unspecified atom stereocenters. The van der Waals surface area contributed by atoms with E-state index in [0.717, 1.165) is 49.9 Å². The summed E-state index contributed by atoms with van der Waals surface area (Å²) in [4.78, 5) is 29.2. The number of ether oxygens (including phenoxy) is 2. The van der Waals surface area contributed by atoms with Crippen LogP contribution in [0.2, 0.25) is 10.0 Å². The number of halogens is 2. The Bertz CT molecular complexity index is 1140. The Hall–Kier alpha value is -2.12. The van der Waals surface area contributed by atoms with Crippen LogP contribution >= 0.6 is 23.2 Å². The number of benzene rings is 2. The highest BCUT2D eigenvalue weighted by Crippen LogP contribution is 2.54. The number of amides is 1. The predicted octanol–water partition coefficient (Wildman–Crippen LogP) is 5.13. The standard InChI is InChI=1S/C28H34Cl2N2O4/c1-19(33)36-23-7-5-6-21(16-23)27-12-13-31(2)18-28(27,35-4)11-10-22(17-27)32(3)26(34)15-20-8-9-24(29)25(30)14-20/h5-9,14,16,22H,10-13,15,17-18H2,1-4H3/t22-,27+,28+/m1/s1. The van der Waals surface area contributed by atoms with E-state index in [-0.39, 0.29) is 29.8 Å². The van der Waals surface area contributed by atoms with Crippen molar-refractivity contribution in [3.63, 3.8) is 0 Å². The lowest BCUT2D eigenvalue weighted by Crippen LogP contribution is -2.67. The number of rotatable bonds is 6. The number of carbonyl (C=O) groups excluding carboxylic acids is 2. The third kappa shape index (κ3) is 5.14. The molecule has 0 radical (unpaired) electrons. The summed E-state index contributed by atoms with van der Waals surface area (Å²) in [5.74, 6) is 0.227. The Morgan fingerprint density at radius 1 is 1.14 bits per heavy atom. The second kappa shape index (κ2) is 10.7. The van der Waals surface area contributed by atoms with Gasteiger partial charge in [-0.15, -0.1) is 0 Å². The van der Waals surface area contributed by atoms with Gasteiger partial charge in [0.1, 0.15) is 5.75 Å². The fourth-order valence-electron chi connectivity index (χ4n) is 6.18. The van der Waals surface area contributed by atoms with Crippen LogP contribution in [-0.2, 0) is 26.2 Å². The molecule has 2 aromatic rings. The Morgan fingerprint density at radius 3 is 2.61 bits per heavy atom. The van der Waals surface area contributed by atoms with Crippen molar-refractivity contribution in [3.05, 3.63) is 63.6 Å². The second-order valence-corrected chi connectivity index (χ2v) is 11.0. The summed E-state index contributed by atoms with van der Waals surface area (Å²) in [6.07, 6.45) is 3.57. The first-order chi connectivity index (χ1) is 17.1. The van der Waals surface area contributed by atoms with Gasteiger partial charge in [0.15, 0.2) is 0 Å². The van der Waals surface area contributed by atoms with E-state index in [1.807, 2.05) is 30.1 Å². The van der Waals surface area contributed by atoms with Crippen LogP contribution < -0.4 is 4.74 Å². The average Bonchev–Trinajstić information content (AvgIpc) is 2.85. The molecule has 1 amide bonds. The quantitative estimate of drug-likeness (QED) is 0.381. The number of esters is 1. The van der Waals surface area contributed by atoms with Crippen molar-refractivity contribution >= 4 is 35.1 Å². The molecule has 2 fully saturated rings. The summed E-state index contributed by atoms with van der Waals surface area (Å²) in [7, 11) is 5.81. The SMILES string of the molecule is CO[C@]12CC[C@@H](N(C)C(=O)Cc3ccc(Cl)c(Cl)c3)C[C@]1(c1cccc(OC(C)=O)c1)CCN(C)C2. The van der Waals surface area contributed by atoms with Crippen molar-refractivity contribution in [2.45, 2.75) is 56.1 Å². The predicted molar refractivity (Wildman–Crippen MR) is 142 cm³/mol. The molecule has 3 atom stereocenters. The summed E-state index contributed by atoms with van der Waals surface area (Å²) < 4.78 is 11.8. The van der Waals surface area contributed by atoms with E-state index in [4.69, 9.17) is 32.7 Å². The summed E-state index contributed by atoms with van der Waals surface area (Å²) in [5.41, 5.74) is 1.20. The van der Waals surface area contributed by atoms with Crippen LogP contribution in [0.15, 0.2) is 42.5 Å². The third-order valence-corrected chi connectivity index (χ3v) is 8.84. The van der Waals surface area contributed by atoms with E-state index in [1.165, 1.54) is 6.92 Å². The van der Waals surface area contributed by atoms with Crippen LogP contribution in [0.1, 0.15) is 43.7 Å². The number of fused-ring (bicyclic) bond motifs is 1. The smallest absolute Gasteiger partial charge is 0.308 e. The molecule has 1 saturated carbocycles. The molecule has 4 rings (SSSR count). The number of likely N-dealkylation sites (tertiary alicyclic amines) is 1. The van der Waals surface area contributed by atoms with Crippen molar-refractivity contribution in [1.82, 2.24) is 9.80 Å². The molecule has 1 heterocycles. The van der Waals surface area contributed by atoms with Crippen LogP contribution in [0.5, 0.6) is 5.75 Å². The van der Waals surface area contributed by atoms with Gasteiger partial charge in [-0.25, -0.2) is 0 Å². The normalized spacial score (nSPS) is 26.2. The Balaban J connectivity index is 1.65. The van der Waals surface area contributed by atoms with Crippen LogP contribution in [0.25, 0.3) is 0 Å². The van der Waals surface area contributed by atoms with Gasteiger partial charge in [0, 0.05) is 39.1 Å². The number of piperidine rings is 1. The molecule has 1 aliphatic heterocycles. The van der Waals surface area contributed by atoms with Gasteiger partial charge >= 0.3 is 5.97 Å². The first-order valence-corrected chi connectivity index (χ1v) is 13.1. The molecule has 8 heteroatoms. The van der Waals surface area contributed by atoms with Gasteiger partial charge in [0.05, 0.1) is 22.1 Å². The fourth-order valence-corrected chi connectivity index (χ4v) is 6.50. The third-order valence-electron chi connectivity index (χ3n) is 8.10. The summed E-state index contributed by atoms with van der Waals surface area (Å²) >= 11 is 12.2. The molecule has 36 heavy (non-hydrogen) atoms. The zero-order valence-electron chi connectivity index (χ0n) is 21.4. The lowest BCUT2D eigenvalue weighted by Gasteiger charge is -2.60. The largest absolute Gasteiger partial charge is 0.427 e. The lowest BCUT2D eigenvalue weighted by atomic mass is 9.55. The summed E-state index contributed by atoms with van der Waals surface area (Å²) in [6, 6.07) is 13.2. The Morgan fingerprint density at radius 2 is 1.92 bits per heavy atom. The second-order valence-electron chi connectivity index (χ2n) is 10.2. The highest BCUT2D eigenvalue weighted by molar-refractivity contribution is 6.42. The van der Waals surface area contributed by atoms with Gasteiger partial charge in [-0.3, -0.25) is 9.59 Å². The number of nitrogens with zero attached hydrogens (tertiary/aromatic N) is 2. The van der Waals surface area contributed by atoms with Gasteiger partial charge in [-0.1, -0.05) is 41.4 Å². The minimum atomic E-state index is -0.404. The molecular weight excluding hydrogens is 499 g/mol. The molecule has 194 valence electrons. The molecule has 1 saturated heterocycles. The van der Waals surface area contributed by atoms with Gasteiger partial charge in [-0.05, 0) is 74.7 Å². The zero-order chi connectivity index (χ0) is 26.1. The van der Waals surface area contributed by atoms with E-state index in [0.29, 0.717) is 15.8 Å². The van der Waals surface area contributed by atoms with Crippen molar-refractivity contribution in [2.75, 3.05) is 34.3 Å². The minimum absolute atomic E-state index is 0.0417. The summed E-state index contributed by atoms with van der Waals surface area (Å²) in [5, 5.41) is 0.926. The van der Waals surface area contributed by atoms with E-state index >= 15 is 0 Å². The van der Waals surface area contributed by atoms with Crippen LogP contribution in [-0.4, -0.2) is 67.6 Å². The number of carbonyl (C=O) groups is 2. The molecule has 6 nitrogen and oxygen atoms in total. The zero-order valence-corrected chi connectivity index (χ0v) is 22.9. The van der Waals surface area contributed by atoms with Crippen molar-refractivity contribution < 1.29 is 19.1 Å². The van der Waals surface area contributed by atoms with Gasteiger partial charge in [0.25, 0.3) is 0 Å². The minimum Gasteiger partial charge on any atom is -0.427 e. The van der Waals surface area contributed by atoms with E-state index < -0.39 is 5.60 Å². The monoisotopic (exact) mass is 532 g/mol. The van der Waals surface area contributed by atoms with Gasteiger partial charge in [-0.2, -0.15) is 0 Å². The maximum atomic E-state index is 13.3. The van der Waals surface area contributed by atoms with Gasteiger partial charge in [0.2, 0.25) is 5.91 Å². The van der Waals surface area contributed by atoms with E-state index in [2.05, 4.69) is 18.0 Å². The van der Waals surface area contributed by atoms with Crippen molar-refractivity contribution in [3.8, 4) is 5.75 Å². The van der Waals surface area contributed by atoms with Crippen LogP contribution in [0, 0.1) is 0 Å². The molecule has 2 aromatic carbocycles. The van der Waals surface area contributed by atoms with Crippen LogP contribution in [0.3, 0.4) is 0 Å². The maximum absolute atomic E-state index is 13.3. The van der Waals surface area contributed by atoms with E-state index in [9.17, 15) is 9.59 Å². The Labute approximate surface area is 223 Å². The molecule has 1 aliphatic carbocycles.